The highest BCUT2D eigenvalue weighted by Gasteiger charge is 2.10. The van der Waals surface area contributed by atoms with Gasteiger partial charge in [0.25, 0.3) is 0 Å². The summed E-state index contributed by atoms with van der Waals surface area (Å²) in [5.41, 5.74) is 9.14. The van der Waals surface area contributed by atoms with Crippen LogP contribution in [0.25, 0.3) is 22.2 Å². The fourth-order valence-corrected chi connectivity index (χ4v) is 1.80. The molecule has 0 amide bonds. The van der Waals surface area contributed by atoms with Crippen LogP contribution in [0.15, 0.2) is 41.0 Å². The Kier molecular flexibility index (Phi) is 2.08. The number of hydrogen-bond donors (Lipinski definition) is 1. The second-order valence-electron chi connectivity index (χ2n) is 3.94. The van der Waals surface area contributed by atoms with Crippen molar-refractivity contribution in [1.29, 1.82) is 0 Å². The summed E-state index contributed by atoms with van der Waals surface area (Å²) < 4.78 is 5.47. The van der Waals surface area contributed by atoms with Crippen molar-refractivity contribution in [3.8, 4) is 11.3 Å². The maximum atomic E-state index is 5.66. The zero-order chi connectivity index (χ0) is 11.8. The number of para-hydroxylation sites is 1. The van der Waals surface area contributed by atoms with Gasteiger partial charge in [-0.25, -0.2) is 0 Å². The van der Waals surface area contributed by atoms with Crippen LogP contribution in [-0.2, 0) is 0 Å². The molecule has 3 rings (SSSR count). The number of benzene rings is 1. The summed E-state index contributed by atoms with van der Waals surface area (Å²) in [6, 6.07) is 9.76. The van der Waals surface area contributed by atoms with Crippen molar-refractivity contribution in [3.05, 3.63) is 42.2 Å². The van der Waals surface area contributed by atoms with E-state index in [4.69, 9.17) is 10.2 Å². The molecule has 17 heavy (non-hydrogen) atoms. The molecule has 0 atom stereocenters. The number of hydrogen-bond acceptors (Lipinski definition) is 4. The van der Waals surface area contributed by atoms with Crippen LogP contribution in [0, 0.1) is 6.92 Å². The summed E-state index contributed by atoms with van der Waals surface area (Å²) >= 11 is 0. The zero-order valence-electron chi connectivity index (χ0n) is 9.34. The number of furan rings is 1. The third-order valence-electron chi connectivity index (χ3n) is 2.78. The van der Waals surface area contributed by atoms with Crippen LogP contribution >= 0.6 is 0 Å². The minimum atomic E-state index is 0.460. The lowest BCUT2D eigenvalue weighted by atomic mass is 10.1. The third-order valence-corrected chi connectivity index (χ3v) is 2.78. The lowest BCUT2D eigenvalue weighted by molar-refractivity contribution is 0.616. The molecule has 2 aromatic heterocycles. The average Bonchev–Trinajstić information content (AvgIpc) is 2.76. The van der Waals surface area contributed by atoms with E-state index in [1.807, 2.05) is 37.3 Å². The van der Waals surface area contributed by atoms with E-state index in [2.05, 4.69) is 10.2 Å². The Hall–Kier alpha value is -2.36. The molecular weight excluding hydrogens is 214 g/mol. The van der Waals surface area contributed by atoms with Crippen LogP contribution in [0.5, 0.6) is 0 Å². The average molecular weight is 225 g/mol. The minimum absolute atomic E-state index is 0.460. The van der Waals surface area contributed by atoms with Crippen molar-refractivity contribution >= 4 is 16.8 Å². The molecule has 0 bridgehead atoms. The van der Waals surface area contributed by atoms with Gasteiger partial charge in [0.05, 0.1) is 5.69 Å². The van der Waals surface area contributed by atoms with Crippen LogP contribution in [0.4, 0.5) is 5.82 Å². The first kappa shape index (κ1) is 9.84. The second-order valence-corrected chi connectivity index (χ2v) is 3.94. The fraction of sp³-hybridized carbons (Fsp3) is 0.0769. The van der Waals surface area contributed by atoms with Gasteiger partial charge in [0.2, 0.25) is 0 Å². The summed E-state index contributed by atoms with van der Waals surface area (Å²) in [6.45, 7) is 1.91. The largest absolute Gasteiger partial charge is 0.464 e. The van der Waals surface area contributed by atoms with E-state index in [0.717, 1.165) is 27.8 Å². The number of anilines is 1. The smallest absolute Gasteiger partial charge is 0.149 e. The normalized spacial score (nSPS) is 10.9. The maximum Gasteiger partial charge on any atom is 0.149 e. The number of rotatable bonds is 1. The van der Waals surface area contributed by atoms with Gasteiger partial charge in [0.1, 0.15) is 17.7 Å². The van der Waals surface area contributed by atoms with Gasteiger partial charge in [0, 0.05) is 10.9 Å². The van der Waals surface area contributed by atoms with Crippen molar-refractivity contribution in [2.45, 2.75) is 6.92 Å². The predicted molar refractivity (Wildman–Crippen MR) is 66.4 cm³/mol. The van der Waals surface area contributed by atoms with Gasteiger partial charge in [0.15, 0.2) is 0 Å². The molecule has 3 aromatic rings. The molecule has 4 nitrogen and oxygen atoms in total. The summed E-state index contributed by atoms with van der Waals surface area (Å²) in [5.74, 6) is 0.460. The predicted octanol–water partition coefficient (Wildman–Crippen LogP) is 2.78. The first-order valence-corrected chi connectivity index (χ1v) is 5.32. The van der Waals surface area contributed by atoms with E-state index in [1.165, 1.54) is 0 Å². The van der Waals surface area contributed by atoms with E-state index >= 15 is 0 Å². The van der Waals surface area contributed by atoms with Gasteiger partial charge in [-0.2, -0.15) is 0 Å². The van der Waals surface area contributed by atoms with Crippen molar-refractivity contribution in [3.63, 3.8) is 0 Å². The quantitative estimate of drug-likeness (QED) is 0.691. The second kappa shape index (κ2) is 3.59. The zero-order valence-corrected chi connectivity index (χ0v) is 9.34. The Labute approximate surface area is 98.1 Å². The van der Waals surface area contributed by atoms with Crippen molar-refractivity contribution in [2.24, 2.45) is 0 Å². The Morgan fingerprint density at radius 2 is 2.00 bits per heavy atom. The van der Waals surface area contributed by atoms with E-state index in [-0.39, 0.29) is 0 Å². The Morgan fingerprint density at radius 3 is 2.82 bits per heavy atom. The monoisotopic (exact) mass is 225 g/mol. The molecule has 0 fully saturated rings. The molecule has 0 aliphatic carbocycles. The van der Waals surface area contributed by atoms with Crippen LogP contribution in [0.2, 0.25) is 0 Å². The maximum absolute atomic E-state index is 5.66. The number of fused-ring (bicyclic) bond motifs is 1. The molecule has 0 spiro atoms. The molecule has 0 saturated heterocycles. The van der Waals surface area contributed by atoms with Gasteiger partial charge in [-0.15, -0.1) is 10.2 Å². The van der Waals surface area contributed by atoms with Crippen LogP contribution in [0.1, 0.15) is 5.56 Å². The van der Waals surface area contributed by atoms with Gasteiger partial charge < -0.3 is 10.2 Å². The first-order valence-electron chi connectivity index (χ1n) is 5.32. The van der Waals surface area contributed by atoms with Gasteiger partial charge >= 0.3 is 0 Å². The van der Waals surface area contributed by atoms with E-state index in [0.29, 0.717) is 5.82 Å². The number of nitrogen functional groups attached to an aromatic ring is 1. The van der Waals surface area contributed by atoms with Gasteiger partial charge in [-0.05, 0) is 24.6 Å². The molecular formula is C13H11N3O. The highest BCUT2D eigenvalue weighted by molar-refractivity contribution is 5.92. The van der Waals surface area contributed by atoms with Crippen molar-refractivity contribution < 1.29 is 4.42 Å². The van der Waals surface area contributed by atoms with Crippen LogP contribution in [0.3, 0.4) is 0 Å². The van der Waals surface area contributed by atoms with Gasteiger partial charge in [-0.3, -0.25) is 0 Å². The molecule has 0 saturated carbocycles. The lowest BCUT2D eigenvalue weighted by Crippen LogP contribution is -1.97. The molecule has 0 aliphatic rings. The topological polar surface area (TPSA) is 64.9 Å². The van der Waals surface area contributed by atoms with Gasteiger partial charge in [-0.1, -0.05) is 18.2 Å². The molecule has 0 radical (unpaired) electrons. The van der Waals surface area contributed by atoms with Crippen LogP contribution < -0.4 is 5.73 Å². The molecule has 2 N–H and O–H groups in total. The number of aryl methyl sites for hydroxylation is 1. The lowest BCUT2D eigenvalue weighted by Gasteiger charge is -2.00. The molecule has 0 aliphatic heterocycles. The summed E-state index contributed by atoms with van der Waals surface area (Å²) in [5, 5.41) is 9.06. The Bertz CT molecular complexity index is 688. The molecule has 84 valence electrons. The SMILES string of the molecule is Cc1cc(-c2coc3ccccc23)nnc1N. The summed E-state index contributed by atoms with van der Waals surface area (Å²) in [6.07, 6.45) is 1.70. The highest BCUT2D eigenvalue weighted by Crippen LogP contribution is 2.29. The van der Waals surface area contributed by atoms with E-state index < -0.39 is 0 Å². The Balaban J connectivity index is 2.24. The minimum Gasteiger partial charge on any atom is -0.464 e. The number of nitrogens with zero attached hydrogens (tertiary/aromatic N) is 2. The Morgan fingerprint density at radius 1 is 1.18 bits per heavy atom. The standard InChI is InChI=1S/C13H11N3O/c1-8-6-11(15-16-13(8)14)10-7-17-12-5-3-2-4-9(10)12/h2-7H,1H3,(H2,14,16). The number of nitrogens with two attached hydrogens (primary N) is 1. The van der Waals surface area contributed by atoms with Crippen LogP contribution in [-0.4, -0.2) is 10.2 Å². The number of aromatic nitrogens is 2. The highest BCUT2D eigenvalue weighted by atomic mass is 16.3. The first-order chi connectivity index (χ1) is 8.25. The molecule has 0 unspecified atom stereocenters. The van der Waals surface area contributed by atoms with E-state index in [1.54, 1.807) is 6.26 Å². The molecule has 4 heteroatoms. The summed E-state index contributed by atoms with van der Waals surface area (Å²) in [7, 11) is 0. The van der Waals surface area contributed by atoms with E-state index in [9.17, 15) is 0 Å². The fourth-order valence-electron chi connectivity index (χ4n) is 1.80. The molecule has 1 aromatic carbocycles. The van der Waals surface area contributed by atoms with Crippen molar-refractivity contribution in [1.82, 2.24) is 10.2 Å². The third kappa shape index (κ3) is 1.54. The molecule has 2 heterocycles. The summed E-state index contributed by atoms with van der Waals surface area (Å²) in [4.78, 5) is 0. The van der Waals surface area contributed by atoms with Crippen molar-refractivity contribution in [2.75, 3.05) is 5.73 Å².